The Morgan fingerprint density at radius 1 is 1.00 bits per heavy atom. The molecule has 4 saturated carbocycles. The Bertz CT molecular complexity index is 545. The summed E-state index contributed by atoms with van der Waals surface area (Å²) in [6.45, 7) is 7.15. The lowest BCUT2D eigenvalue weighted by Crippen LogP contribution is -2.74. The number of nitriles is 2. The van der Waals surface area contributed by atoms with E-state index in [0.29, 0.717) is 22.7 Å². The molecule has 1 heterocycles. The van der Waals surface area contributed by atoms with E-state index in [1.165, 1.54) is 32.1 Å². The van der Waals surface area contributed by atoms with Crippen LogP contribution in [0.3, 0.4) is 0 Å². The van der Waals surface area contributed by atoms with Crippen LogP contribution in [-0.4, -0.2) is 11.7 Å². The van der Waals surface area contributed by atoms with Crippen LogP contribution in [0.5, 0.6) is 0 Å². The van der Waals surface area contributed by atoms with Gasteiger partial charge in [0.1, 0.15) is 5.92 Å². The van der Waals surface area contributed by atoms with Gasteiger partial charge in [0.25, 0.3) is 0 Å². The van der Waals surface area contributed by atoms with E-state index in [1.54, 1.807) is 0 Å². The Morgan fingerprint density at radius 2 is 1.62 bits per heavy atom. The summed E-state index contributed by atoms with van der Waals surface area (Å²) in [4.78, 5) is 0. The van der Waals surface area contributed by atoms with Crippen molar-refractivity contribution >= 4 is 0 Å². The largest absolute Gasteiger partial charge is 0.353 e. The Balaban J connectivity index is 1.72. The van der Waals surface area contributed by atoms with Crippen molar-refractivity contribution in [1.29, 1.82) is 10.5 Å². The molecule has 7 atom stereocenters. The molecule has 1 saturated heterocycles. The smallest absolute Gasteiger partial charge is 0.163 e. The van der Waals surface area contributed by atoms with Crippen LogP contribution in [0.2, 0.25) is 0 Å². The first-order valence-corrected chi connectivity index (χ1v) is 8.33. The molecule has 0 aromatic carbocycles. The lowest BCUT2D eigenvalue weighted by molar-refractivity contribution is -0.335. The molecule has 4 aliphatic carbocycles. The molecule has 1 spiro atoms. The van der Waals surface area contributed by atoms with Gasteiger partial charge in [-0.3, -0.25) is 0 Å². The third kappa shape index (κ3) is 1.42. The van der Waals surface area contributed by atoms with E-state index in [2.05, 4.69) is 32.9 Å². The highest BCUT2D eigenvalue weighted by molar-refractivity contribution is 5.27. The van der Waals surface area contributed by atoms with Crippen LogP contribution in [0.1, 0.15) is 52.9 Å². The van der Waals surface area contributed by atoms with Gasteiger partial charge in [0.2, 0.25) is 0 Å². The molecule has 0 N–H and O–H groups in total. The van der Waals surface area contributed by atoms with E-state index in [9.17, 15) is 10.5 Å². The Hall–Kier alpha value is -1.06. The van der Waals surface area contributed by atoms with Crippen molar-refractivity contribution in [3.05, 3.63) is 0 Å². The molecule has 0 aromatic rings. The fraction of sp³-hybridized carbons (Fsp3) is 0.889. The monoisotopic (exact) mass is 284 g/mol. The summed E-state index contributed by atoms with van der Waals surface area (Å²) in [7, 11) is 0. The highest BCUT2D eigenvalue weighted by Crippen LogP contribution is 2.72. The predicted molar refractivity (Wildman–Crippen MR) is 77.8 cm³/mol. The van der Waals surface area contributed by atoms with Crippen molar-refractivity contribution in [2.75, 3.05) is 0 Å². The average Bonchev–Trinajstić information content (AvgIpc) is 2.36. The zero-order valence-corrected chi connectivity index (χ0v) is 13.2. The summed E-state index contributed by atoms with van der Waals surface area (Å²) < 4.78 is 6.13. The maximum atomic E-state index is 9.58. The highest BCUT2D eigenvalue weighted by atomic mass is 16.5. The van der Waals surface area contributed by atoms with Gasteiger partial charge in [0, 0.05) is 0 Å². The van der Waals surface area contributed by atoms with Gasteiger partial charge in [-0.1, -0.05) is 20.8 Å². The second-order valence-electron chi connectivity index (χ2n) is 9.00. The van der Waals surface area contributed by atoms with Gasteiger partial charge in [0.15, 0.2) is 6.10 Å². The van der Waals surface area contributed by atoms with E-state index in [1.807, 2.05) is 0 Å². The first-order chi connectivity index (χ1) is 9.86. The molecule has 21 heavy (non-hydrogen) atoms. The topological polar surface area (TPSA) is 56.8 Å². The van der Waals surface area contributed by atoms with Crippen LogP contribution < -0.4 is 0 Å². The first kappa shape index (κ1) is 13.6. The summed E-state index contributed by atoms with van der Waals surface area (Å²) in [6.07, 6.45) is 5.69. The van der Waals surface area contributed by atoms with Gasteiger partial charge < -0.3 is 4.74 Å². The summed E-state index contributed by atoms with van der Waals surface area (Å²) in [5, 5.41) is 18.8. The molecule has 3 unspecified atom stereocenters. The Morgan fingerprint density at radius 3 is 2.10 bits per heavy atom. The van der Waals surface area contributed by atoms with E-state index in [-0.39, 0.29) is 11.5 Å². The lowest BCUT2D eigenvalue weighted by Gasteiger charge is -2.72. The molecular formula is C18H24N2O. The van der Waals surface area contributed by atoms with Crippen molar-refractivity contribution < 1.29 is 4.74 Å². The van der Waals surface area contributed by atoms with E-state index >= 15 is 0 Å². The predicted octanol–water partition coefficient (Wildman–Crippen LogP) is 3.66. The van der Waals surface area contributed by atoms with E-state index in [4.69, 9.17) is 4.74 Å². The number of nitrogens with zero attached hydrogens (tertiary/aromatic N) is 2. The van der Waals surface area contributed by atoms with Crippen LogP contribution in [0, 0.1) is 57.2 Å². The molecule has 5 fully saturated rings. The third-order valence-electron chi connectivity index (χ3n) is 7.44. The van der Waals surface area contributed by atoms with Gasteiger partial charge in [-0.05, 0) is 60.7 Å². The zero-order valence-electron chi connectivity index (χ0n) is 13.2. The minimum absolute atomic E-state index is 0.200. The molecule has 4 bridgehead atoms. The summed E-state index contributed by atoms with van der Waals surface area (Å²) in [5.74, 6) is 1.61. The molecule has 3 heteroatoms. The van der Waals surface area contributed by atoms with Gasteiger partial charge >= 0.3 is 0 Å². The molecule has 3 nitrogen and oxygen atoms in total. The number of rotatable bonds is 0. The number of ether oxygens (including phenoxy) is 1. The van der Waals surface area contributed by atoms with Crippen LogP contribution >= 0.6 is 0 Å². The standard InChI is InChI=1S/C18H24N2O/c1-16(2,3)17-6-11-4-12(7-17)18(13(5-11)8-17)14(9-19)15(10-20)21-18/h11-15H,4-8H2,1-3H3/t11?,12-,13+,14-,15+,17?,18?/m0/s1. The van der Waals surface area contributed by atoms with Crippen molar-refractivity contribution in [3.63, 3.8) is 0 Å². The second-order valence-corrected chi connectivity index (χ2v) is 9.00. The zero-order chi connectivity index (χ0) is 15.0. The fourth-order valence-electron chi connectivity index (χ4n) is 6.41. The van der Waals surface area contributed by atoms with Crippen molar-refractivity contribution in [2.45, 2.75) is 64.6 Å². The lowest BCUT2D eigenvalue weighted by atomic mass is 9.37. The molecular weight excluding hydrogens is 260 g/mol. The molecule has 112 valence electrons. The second kappa shape index (κ2) is 3.82. The Labute approximate surface area is 127 Å². The maximum Gasteiger partial charge on any atom is 0.163 e. The minimum atomic E-state index is -0.488. The minimum Gasteiger partial charge on any atom is -0.353 e. The normalized spacial score (nSPS) is 54.0. The highest BCUT2D eigenvalue weighted by Gasteiger charge is 2.73. The van der Waals surface area contributed by atoms with Gasteiger partial charge in [-0.15, -0.1) is 0 Å². The van der Waals surface area contributed by atoms with Gasteiger partial charge in [-0.25, -0.2) is 0 Å². The van der Waals surface area contributed by atoms with E-state index in [0.717, 1.165) is 5.92 Å². The van der Waals surface area contributed by atoms with Crippen molar-refractivity contribution in [1.82, 2.24) is 0 Å². The quantitative estimate of drug-likeness (QED) is 0.682. The van der Waals surface area contributed by atoms with E-state index < -0.39 is 6.10 Å². The number of hydrogen-bond acceptors (Lipinski definition) is 3. The molecule has 1 aliphatic heterocycles. The van der Waals surface area contributed by atoms with Crippen LogP contribution in [0.4, 0.5) is 0 Å². The molecule has 0 radical (unpaired) electrons. The van der Waals surface area contributed by atoms with Crippen LogP contribution in [0.15, 0.2) is 0 Å². The first-order valence-electron chi connectivity index (χ1n) is 8.33. The molecule has 5 aliphatic rings. The average molecular weight is 284 g/mol. The fourth-order valence-corrected chi connectivity index (χ4v) is 6.41. The maximum absolute atomic E-state index is 9.58. The van der Waals surface area contributed by atoms with Crippen molar-refractivity contribution in [3.8, 4) is 12.1 Å². The van der Waals surface area contributed by atoms with Crippen molar-refractivity contribution in [2.24, 2.45) is 34.5 Å². The summed E-state index contributed by atoms with van der Waals surface area (Å²) in [6, 6.07) is 4.61. The molecule has 0 aromatic heterocycles. The Kier molecular flexibility index (Phi) is 2.47. The SMILES string of the molecule is CC(C)(C)C12CC3C[C@H](C1)C1(O[C@H](C#N)[C@@H]1C#N)[C@@H](C3)C2. The summed E-state index contributed by atoms with van der Waals surface area (Å²) >= 11 is 0. The van der Waals surface area contributed by atoms with Crippen LogP contribution in [0.25, 0.3) is 0 Å². The third-order valence-corrected chi connectivity index (χ3v) is 7.44. The molecule has 5 rings (SSSR count). The van der Waals surface area contributed by atoms with Gasteiger partial charge in [-0.2, -0.15) is 10.5 Å². The van der Waals surface area contributed by atoms with Crippen LogP contribution in [-0.2, 0) is 4.74 Å². The van der Waals surface area contributed by atoms with Gasteiger partial charge in [0.05, 0.1) is 17.7 Å². The molecule has 0 amide bonds. The summed E-state index contributed by atoms with van der Waals surface area (Å²) in [5.41, 5.74) is 0.474. The number of hydrogen-bond donors (Lipinski definition) is 0.